The minimum Gasteiger partial charge on any atom is -0.326 e. The summed E-state index contributed by atoms with van der Waals surface area (Å²) in [6.07, 6.45) is 3.97. The molecule has 6 nitrogen and oxygen atoms in total. The number of nitrogens with zero attached hydrogens (tertiary/aromatic N) is 2. The molecule has 1 heterocycles. The summed E-state index contributed by atoms with van der Waals surface area (Å²) in [7, 11) is 0. The maximum Gasteiger partial charge on any atom is 0.240 e. The van der Waals surface area contributed by atoms with Crippen molar-refractivity contribution in [2.45, 2.75) is 52.2 Å². The fraction of sp³-hybridized carbons (Fsp3) is 0.429. The third kappa shape index (κ3) is 5.70. The van der Waals surface area contributed by atoms with Gasteiger partial charge >= 0.3 is 0 Å². The molecule has 0 aromatic heterocycles. The zero-order valence-corrected chi connectivity index (χ0v) is 18.6. The smallest absolute Gasteiger partial charge is 0.240 e. The number of hydrogen-bond acceptors (Lipinski definition) is 5. The molecule has 1 aliphatic heterocycles. The largest absolute Gasteiger partial charge is 0.326 e. The first-order chi connectivity index (χ1) is 13.6. The Morgan fingerprint density at radius 1 is 1.31 bits per heavy atom. The van der Waals surface area contributed by atoms with E-state index in [-0.39, 0.29) is 23.7 Å². The van der Waals surface area contributed by atoms with Gasteiger partial charge in [0.15, 0.2) is 5.17 Å². The van der Waals surface area contributed by atoms with E-state index >= 15 is 0 Å². The highest BCUT2D eigenvalue weighted by atomic mass is 35.5. The second kappa shape index (κ2) is 8.71. The van der Waals surface area contributed by atoms with E-state index in [0.29, 0.717) is 15.9 Å². The molecule has 1 atom stereocenters. The lowest BCUT2D eigenvalue weighted by molar-refractivity contribution is -0.122. The monoisotopic (exact) mass is 432 g/mol. The minimum absolute atomic E-state index is 0.0457. The van der Waals surface area contributed by atoms with Gasteiger partial charge in [0, 0.05) is 17.1 Å². The summed E-state index contributed by atoms with van der Waals surface area (Å²) in [5.74, 6) is -0.481. The number of halogens is 1. The van der Waals surface area contributed by atoms with Gasteiger partial charge in [0.1, 0.15) is 5.25 Å². The molecule has 1 aromatic rings. The lowest BCUT2D eigenvalue weighted by Crippen LogP contribution is -2.28. The van der Waals surface area contributed by atoms with Crippen molar-refractivity contribution in [1.82, 2.24) is 5.32 Å². The van der Waals surface area contributed by atoms with Gasteiger partial charge in [-0.15, -0.1) is 5.10 Å². The molecule has 154 valence electrons. The predicted octanol–water partition coefficient (Wildman–Crippen LogP) is 4.69. The van der Waals surface area contributed by atoms with Crippen LogP contribution in [0.4, 0.5) is 5.69 Å². The number of anilines is 1. The number of carbonyl (C=O) groups is 2. The summed E-state index contributed by atoms with van der Waals surface area (Å²) in [6, 6.07) is 5.32. The van der Waals surface area contributed by atoms with Crippen LogP contribution in [0.2, 0.25) is 5.02 Å². The molecule has 1 saturated heterocycles. The first-order valence-corrected chi connectivity index (χ1v) is 10.7. The number of rotatable bonds is 4. The zero-order valence-electron chi connectivity index (χ0n) is 17.0. The van der Waals surface area contributed by atoms with E-state index in [4.69, 9.17) is 11.6 Å². The minimum atomic E-state index is -0.534. The Bertz CT molecular complexity index is 937. The van der Waals surface area contributed by atoms with Gasteiger partial charge in [0.05, 0.1) is 5.71 Å². The molecule has 3 rings (SSSR count). The van der Waals surface area contributed by atoms with E-state index in [1.807, 2.05) is 6.92 Å². The standard InChI is InChI=1S/C21H25ClN4O2S/c1-12-8-14(11-21(3,4)10-12)25-26-20-24-19(28)17(29-20)9-18(27)23-16-7-5-6-15(22)13(16)2/h5-8,17H,9-11H2,1-4H3,(H,23,27)(H,24,26,28). The molecule has 2 N–H and O–H groups in total. The van der Waals surface area contributed by atoms with Gasteiger partial charge < -0.3 is 10.6 Å². The molecule has 0 bridgehead atoms. The van der Waals surface area contributed by atoms with Crippen molar-refractivity contribution in [1.29, 1.82) is 0 Å². The number of hydrogen-bond donors (Lipinski definition) is 2. The molecule has 1 unspecified atom stereocenters. The van der Waals surface area contributed by atoms with Gasteiger partial charge in [-0.25, -0.2) is 0 Å². The van der Waals surface area contributed by atoms with E-state index in [9.17, 15) is 9.59 Å². The first kappa shape index (κ1) is 21.6. The van der Waals surface area contributed by atoms with Gasteiger partial charge in [-0.3, -0.25) is 9.59 Å². The topological polar surface area (TPSA) is 82.9 Å². The first-order valence-electron chi connectivity index (χ1n) is 9.47. The summed E-state index contributed by atoms with van der Waals surface area (Å²) in [4.78, 5) is 24.6. The van der Waals surface area contributed by atoms with E-state index < -0.39 is 5.25 Å². The molecular formula is C21H25ClN4O2S. The molecule has 2 amide bonds. The van der Waals surface area contributed by atoms with Gasteiger partial charge in [-0.1, -0.05) is 48.8 Å². The van der Waals surface area contributed by atoms with Gasteiger partial charge in [0.25, 0.3) is 0 Å². The Balaban J connectivity index is 1.62. The van der Waals surface area contributed by atoms with Crippen LogP contribution in [0.15, 0.2) is 40.1 Å². The van der Waals surface area contributed by atoms with Gasteiger partial charge in [0.2, 0.25) is 11.8 Å². The molecule has 1 aromatic carbocycles. The third-order valence-electron chi connectivity index (χ3n) is 4.79. The summed E-state index contributed by atoms with van der Waals surface area (Å²) < 4.78 is 0. The number of thioether (sulfide) groups is 1. The van der Waals surface area contributed by atoms with Crippen LogP contribution in [0.5, 0.6) is 0 Å². The van der Waals surface area contributed by atoms with Gasteiger partial charge in [-0.2, -0.15) is 5.10 Å². The molecule has 1 fully saturated rings. The second-order valence-corrected chi connectivity index (χ2v) is 9.86. The zero-order chi connectivity index (χ0) is 21.2. The Morgan fingerprint density at radius 2 is 2.07 bits per heavy atom. The molecule has 29 heavy (non-hydrogen) atoms. The van der Waals surface area contributed by atoms with Crippen molar-refractivity contribution in [3.05, 3.63) is 40.4 Å². The van der Waals surface area contributed by atoms with Crippen molar-refractivity contribution >= 4 is 51.7 Å². The highest BCUT2D eigenvalue weighted by Crippen LogP contribution is 2.34. The van der Waals surface area contributed by atoms with Crippen LogP contribution in [-0.4, -0.2) is 27.9 Å². The van der Waals surface area contributed by atoms with Crippen LogP contribution in [0.25, 0.3) is 0 Å². The van der Waals surface area contributed by atoms with E-state index in [1.165, 1.54) is 17.3 Å². The van der Waals surface area contributed by atoms with Crippen molar-refractivity contribution in [2.75, 3.05) is 5.32 Å². The van der Waals surface area contributed by atoms with Crippen LogP contribution in [0.1, 0.15) is 45.6 Å². The van der Waals surface area contributed by atoms with Crippen LogP contribution in [0, 0.1) is 12.3 Å². The van der Waals surface area contributed by atoms with E-state index in [1.54, 1.807) is 18.2 Å². The number of nitrogens with one attached hydrogen (secondary N) is 2. The van der Waals surface area contributed by atoms with E-state index in [0.717, 1.165) is 24.1 Å². The average Bonchev–Trinajstić information content (AvgIpc) is 2.95. The lowest BCUT2D eigenvalue weighted by Gasteiger charge is -2.28. The molecule has 2 aliphatic rings. The third-order valence-corrected chi connectivity index (χ3v) is 6.27. The normalized spacial score (nSPS) is 23.8. The predicted molar refractivity (Wildman–Crippen MR) is 121 cm³/mol. The van der Waals surface area contributed by atoms with Crippen LogP contribution < -0.4 is 10.6 Å². The van der Waals surface area contributed by atoms with Crippen molar-refractivity contribution in [3.63, 3.8) is 0 Å². The van der Waals surface area contributed by atoms with Crippen molar-refractivity contribution in [2.24, 2.45) is 15.6 Å². The quantitative estimate of drug-likeness (QED) is 0.677. The fourth-order valence-corrected chi connectivity index (χ4v) is 4.66. The second-order valence-electron chi connectivity index (χ2n) is 8.27. The number of amides is 2. The lowest BCUT2D eigenvalue weighted by atomic mass is 9.77. The summed E-state index contributed by atoms with van der Waals surface area (Å²) in [5.41, 5.74) is 3.77. The molecule has 0 spiro atoms. The maximum absolute atomic E-state index is 12.4. The molecule has 1 aliphatic carbocycles. The van der Waals surface area contributed by atoms with Crippen LogP contribution in [-0.2, 0) is 9.59 Å². The highest BCUT2D eigenvalue weighted by Gasteiger charge is 2.32. The molecular weight excluding hydrogens is 408 g/mol. The van der Waals surface area contributed by atoms with Crippen molar-refractivity contribution < 1.29 is 9.59 Å². The maximum atomic E-state index is 12.4. The Hall–Kier alpha value is -2.12. The summed E-state index contributed by atoms with van der Waals surface area (Å²) in [6.45, 7) is 8.33. The molecule has 0 radical (unpaired) electrons. The number of benzene rings is 1. The van der Waals surface area contributed by atoms with E-state index in [2.05, 4.69) is 47.7 Å². The van der Waals surface area contributed by atoms with Crippen LogP contribution >= 0.6 is 23.4 Å². The molecule has 8 heteroatoms. The Kier molecular flexibility index (Phi) is 6.49. The number of amidine groups is 1. The molecule has 0 saturated carbocycles. The number of allylic oxidation sites excluding steroid dienone is 2. The van der Waals surface area contributed by atoms with Gasteiger partial charge in [-0.05, 0) is 55.9 Å². The summed E-state index contributed by atoms with van der Waals surface area (Å²) in [5, 5.41) is 14.5. The summed E-state index contributed by atoms with van der Waals surface area (Å²) >= 11 is 7.31. The Labute approximate surface area is 180 Å². The fourth-order valence-electron chi connectivity index (χ4n) is 3.57. The van der Waals surface area contributed by atoms with Crippen LogP contribution in [0.3, 0.4) is 0 Å². The SMILES string of the molecule is CC1=CC(=N/N=C2/NC(=O)C(CC(=O)Nc3cccc(Cl)c3C)S2)CC(C)(C)C1. The Morgan fingerprint density at radius 3 is 2.79 bits per heavy atom. The van der Waals surface area contributed by atoms with Crippen molar-refractivity contribution in [3.8, 4) is 0 Å². The average molecular weight is 433 g/mol. The number of carbonyl (C=O) groups excluding carboxylic acids is 2. The highest BCUT2D eigenvalue weighted by molar-refractivity contribution is 8.15.